The van der Waals surface area contributed by atoms with Gasteiger partial charge in [0.1, 0.15) is 0 Å². The van der Waals surface area contributed by atoms with Crippen molar-refractivity contribution in [3.8, 4) is 0 Å². The summed E-state index contributed by atoms with van der Waals surface area (Å²) in [6.45, 7) is 3.20. The van der Waals surface area contributed by atoms with Gasteiger partial charge in [-0.25, -0.2) is 4.98 Å². The largest absolute Gasteiger partial charge is 0.374 e. The van der Waals surface area contributed by atoms with E-state index in [0.717, 1.165) is 37.7 Å². The summed E-state index contributed by atoms with van der Waals surface area (Å²) in [5.41, 5.74) is 0. The van der Waals surface area contributed by atoms with Gasteiger partial charge in [0, 0.05) is 30.6 Å². The average molecular weight is 309 g/mol. The van der Waals surface area contributed by atoms with Crippen molar-refractivity contribution in [1.82, 2.24) is 9.88 Å². The van der Waals surface area contributed by atoms with E-state index < -0.39 is 0 Å². The molecule has 1 aromatic rings. The van der Waals surface area contributed by atoms with Crippen LogP contribution >= 0.6 is 11.3 Å². The lowest BCUT2D eigenvalue weighted by molar-refractivity contribution is -0.123. The van der Waals surface area contributed by atoms with Gasteiger partial charge in [-0.15, -0.1) is 11.3 Å². The molecule has 1 atom stereocenters. The number of ether oxygens (including phenoxy) is 1. The first-order valence-electron chi connectivity index (χ1n) is 7.75. The second-order valence-corrected chi connectivity index (χ2v) is 6.87. The third-order valence-corrected chi connectivity index (χ3v) is 5.14. The van der Waals surface area contributed by atoms with Gasteiger partial charge in [-0.3, -0.25) is 9.69 Å². The third kappa shape index (κ3) is 3.62. The molecule has 1 saturated heterocycles. The maximum Gasteiger partial charge on any atom is 0.231 e. The van der Waals surface area contributed by atoms with Crippen LogP contribution < -0.4 is 4.90 Å². The molecule has 116 valence electrons. The molecular formula is C15H23N3O2S. The highest BCUT2D eigenvalue weighted by Gasteiger charge is 2.31. The van der Waals surface area contributed by atoms with Crippen LogP contribution in [-0.4, -0.2) is 55.2 Å². The second kappa shape index (κ2) is 6.85. The molecule has 3 rings (SSSR count). The van der Waals surface area contributed by atoms with Crippen molar-refractivity contribution in [1.29, 1.82) is 0 Å². The fourth-order valence-corrected chi connectivity index (χ4v) is 3.84. The fraction of sp³-hybridized carbons (Fsp3) is 0.733. The number of rotatable bonds is 4. The number of amides is 1. The molecule has 1 aromatic heterocycles. The molecule has 1 aliphatic carbocycles. The van der Waals surface area contributed by atoms with E-state index in [0.29, 0.717) is 6.54 Å². The summed E-state index contributed by atoms with van der Waals surface area (Å²) in [6, 6.07) is 0. The van der Waals surface area contributed by atoms with E-state index >= 15 is 0 Å². The van der Waals surface area contributed by atoms with E-state index in [4.69, 9.17) is 4.74 Å². The Bertz CT molecular complexity index is 459. The van der Waals surface area contributed by atoms with Crippen molar-refractivity contribution in [2.75, 3.05) is 38.2 Å². The van der Waals surface area contributed by atoms with Crippen LogP contribution in [0.4, 0.5) is 5.13 Å². The summed E-state index contributed by atoms with van der Waals surface area (Å²) in [4.78, 5) is 21.3. The number of morpholine rings is 1. The van der Waals surface area contributed by atoms with E-state index in [-0.39, 0.29) is 17.9 Å². The van der Waals surface area contributed by atoms with Crippen LogP contribution in [0.15, 0.2) is 11.6 Å². The number of carbonyl (C=O) groups is 1. The quantitative estimate of drug-likeness (QED) is 0.853. The van der Waals surface area contributed by atoms with E-state index in [1.165, 1.54) is 24.2 Å². The van der Waals surface area contributed by atoms with Crippen molar-refractivity contribution in [3.05, 3.63) is 11.6 Å². The van der Waals surface area contributed by atoms with Gasteiger partial charge in [-0.2, -0.15) is 0 Å². The van der Waals surface area contributed by atoms with Crippen molar-refractivity contribution in [2.24, 2.45) is 5.92 Å². The lowest BCUT2D eigenvalue weighted by Gasteiger charge is -2.33. The van der Waals surface area contributed by atoms with Gasteiger partial charge in [0.15, 0.2) is 5.13 Å². The van der Waals surface area contributed by atoms with Crippen molar-refractivity contribution < 1.29 is 9.53 Å². The Labute approximate surface area is 129 Å². The molecule has 5 nitrogen and oxygen atoms in total. The second-order valence-electron chi connectivity index (χ2n) is 6.00. The first kappa shape index (κ1) is 14.9. The molecule has 0 aromatic carbocycles. The van der Waals surface area contributed by atoms with Gasteiger partial charge in [0.2, 0.25) is 5.91 Å². The lowest BCUT2D eigenvalue weighted by Crippen LogP contribution is -2.48. The van der Waals surface area contributed by atoms with Crippen LogP contribution in [0.25, 0.3) is 0 Å². The van der Waals surface area contributed by atoms with Gasteiger partial charge in [0.25, 0.3) is 0 Å². The summed E-state index contributed by atoms with van der Waals surface area (Å²) in [6.07, 6.45) is 6.23. The van der Waals surface area contributed by atoms with Gasteiger partial charge in [0.05, 0.1) is 19.3 Å². The molecule has 0 radical (unpaired) electrons. The molecule has 1 amide bonds. The molecule has 0 spiro atoms. The zero-order chi connectivity index (χ0) is 14.7. The van der Waals surface area contributed by atoms with Crippen LogP contribution in [0.2, 0.25) is 0 Å². The monoisotopic (exact) mass is 309 g/mol. The van der Waals surface area contributed by atoms with E-state index in [1.807, 2.05) is 10.3 Å². The summed E-state index contributed by atoms with van der Waals surface area (Å²) >= 11 is 1.53. The summed E-state index contributed by atoms with van der Waals surface area (Å²) in [7, 11) is 2.10. The van der Waals surface area contributed by atoms with Crippen molar-refractivity contribution in [2.45, 2.75) is 31.8 Å². The molecule has 2 aliphatic rings. The predicted octanol–water partition coefficient (Wildman–Crippen LogP) is 2.00. The number of aromatic nitrogens is 1. The van der Waals surface area contributed by atoms with Crippen molar-refractivity contribution in [3.63, 3.8) is 0 Å². The maximum atomic E-state index is 12.8. The van der Waals surface area contributed by atoms with Gasteiger partial charge >= 0.3 is 0 Å². The lowest BCUT2D eigenvalue weighted by atomic mass is 10.1. The summed E-state index contributed by atoms with van der Waals surface area (Å²) in [5, 5.41) is 2.74. The van der Waals surface area contributed by atoms with Crippen LogP contribution in [0.3, 0.4) is 0 Å². The minimum atomic E-state index is 0.0815. The Hall–Kier alpha value is -0.980. The van der Waals surface area contributed by atoms with Crippen LogP contribution in [-0.2, 0) is 9.53 Å². The molecule has 0 bridgehead atoms. The van der Waals surface area contributed by atoms with Gasteiger partial charge < -0.3 is 9.64 Å². The number of nitrogens with zero attached hydrogens (tertiary/aromatic N) is 3. The standard InChI is InChI=1S/C15H23N3O2S/c1-17-7-8-20-13(10-17)11-18(15-16-6-9-21-15)14(19)12-4-2-3-5-12/h6,9,12-13H,2-5,7-8,10-11H2,1H3/t13-/m0/s1. The van der Waals surface area contributed by atoms with E-state index in [1.54, 1.807) is 6.20 Å². The Morgan fingerprint density at radius 1 is 1.52 bits per heavy atom. The zero-order valence-corrected chi connectivity index (χ0v) is 13.3. The number of likely N-dealkylation sites (N-methyl/N-ethyl adjacent to an activating group) is 1. The number of hydrogen-bond acceptors (Lipinski definition) is 5. The molecule has 2 heterocycles. The predicted molar refractivity (Wildman–Crippen MR) is 83.7 cm³/mol. The van der Waals surface area contributed by atoms with E-state index in [2.05, 4.69) is 16.9 Å². The third-order valence-electron chi connectivity index (χ3n) is 4.35. The first-order valence-corrected chi connectivity index (χ1v) is 8.63. The average Bonchev–Trinajstić information content (AvgIpc) is 3.17. The van der Waals surface area contributed by atoms with Crippen LogP contribution in [0.1, 0.15) is 25.7 Å². The maximum absolute atomic E-state index is 12.8. The number of anilines is 1. The highest BCUT2D eigenvalue weighted by atomic mass is 32.1. The van der Waals surface area contributed by atoms with E-state index in [9.17, 15) is 4.79 Å². The Balaban J connectivity index is 1.71. The molecule has 21 heavy (non-hydrogen) atoms. The number of carbonyl (C=O) groups excluding carboxylic acids is 1. The van der Waals surface area contributed by atoms with Gasteiger partial charge in [-0.05, 0) is 19.9 Å². The SMILES string of the molecule is CN1CCO[C@H](CN(C(=O)C2CCCC2)c2nccs2)C1. The molecule has 0 unspecified atom stereocenters. The Kier molecular flexibility index (Phi) is 4.87. The topological polar surface area (TPSA) is 45.7 Å². The summed E-state index contributed by atoms with van der Waals surface area (Å²) < 4.78 is 5.83. The zero-order valence-electron chi connectivity index (χ0n) is 12.5. The fourth-order valence-electron chi connectivity index (χ4n) is 3.19. The van der Waals surface area contributed by atoms with Gasteiger partial charge in [-0.1, -0.05) is 12.8 Å². The molecule has 2 fully saturated rings. The normalized spacial score (nSPS) is 24.3. The minimum Gasteiger partial charge on any atom is -0.374 e. The Morgan fingerprint density at radius 3 is 3.00 bits per heavy atom. The summed E-state index contributed by atoms with van der Waals surface area (Å²) in [5.74, 6) is 0.412. The first-order chi connectivity index (χ1) is 10.2. The smallest absolute Gasteiger partial charge is 0.231 e. The van der Waals surface area contributed by atoms with Crippen LogP contribution in [0, 0.1) is 5.92 Å². The highest BCUT2D eigenvalue weighted by Crippen LogP contribution is 2.29. The van der Waals surface area contributed by atoms with Crippen LogP contribution in [0.5, 0.6) is 0 Å². The molecular weight excluding hydrogens is 286 g/mol. The minimum absolute atomic E-state index is 0.0815. The number of thiazole rings is 1. The molecule has 1 saturated carbocycles. The molecule has 0 N–H and O–H groups in total. The Morgan fingerprint density at radius 2 is 2.33 bits per heavy atom. The highest BCUT2D eigenvalue weighted by molar-refractivity contribution is 7.13. The molecule has 1 aliphatic heterocycles. The molecule has 6 heteroatoms. The van der Waals surface area contributed by atoms with Crippen molar-refractivity contribution >= 4 is 22.4 Å². The number of hydrogen-bond donors (Lipinski definition) is 0.